The maximum atomic E-state index is 11.3. The van der Waals surface area contributed by atoms with E-state index < -0.39 is 0 Å². The summed E-state index contributed by atoms with van der Waals surface area (Å²) in [4.78, 5) is 18.3. The van der Waals surface area contributed by atoms with Gasteiger partial charge >= 0.3 is 5.97 Å². The Morgan fingerprint density at radius 2 is 2.11 bits per heavy atom. The van der Waals surface area contributed by atoms with E-state index in [1.54, 1.807) is 19.2 Å². The molecule has 0 spiro atoms. The maximum Gasteiger partial charge on any atom is 0.330 e. The smallest absolute Gasteiger partial charge is 0.330 e. The summed E-state index contributed by atoms with van der Waals surface area (Å²) in [6.07, 6.45) is 6.01. The molecular formula is C22H27N3O2. The molecule has 0 saturated carbocycles. The van der Waals surface area contributed by atoms with Gasteiger partial charge in [-0.15, -0.1) is 0 Å². The van der Waals surface area contributed by atoms with E-state index in [1.165, 1.54) is 17.2 Å². The number of aromatic nitrogens is 1. The number of nitrogens with one attached hydrogen (secondary N) is 1. The second-order valence-corrected chi connectivity index (χ2v) is 6.91. The van der Waals surface area contributed by atoms with E-state index in [0.29, 0.717) is 12.6 Å². The average Bonchev–Trinajstić information content (AvgIpc) is 3.10. The summed E-state index contributed by atoms with van der Waals surface area (Å²) < 4.78 is 4.87. The number of esters is 1. The molecule has 142 valence electrons. The van der Waals surface area contributed by atoms with Crippen LogP contribution in [0.1, 0.15) is 30.0 Å². The van der Waals surface area contributed by atoms with Crippen LogP contribution >= 0.6 is 0 Å². The van der Waals surface area contributed by atoms with E-state index in [2.05, 4.69) is 46.4 Å². The van der Waals surface area contributed by atoms with Crippen LogP contribution in [0.15, 0.2) is 48.7 Å². The van der Waals surface area contributed by atoms with Gasteiger partial charge in [0.15, 0.2) is 0 Å². The van der Waals surface area contributed by atoms with E-state index in [4.69, 9.17) is 4.74 Å². The molecule has 1 N–H and O–H groups in total. The zero-order chi connectivity index (χ0) is 19.1. The number of hydrogen-bond donors (Lipinski definition) is 1. The monoisotopic (exact) mass is 365 g/mol. The minimum atomic E-state index is -0.334. The standard InChI is InChI=1S/C22H27N3O2/c1-3-27-22(26)11-9-18-8-10-21(23-14-18)24-20-12-13-25(16-20)15-19-6-4-17(2)5-7-19/h4-11,14,20H,3,12-13,15-16H2,1-2H3,(H,23,24)/t20-/m1/s1. The highest BCUT2D eigenvalue weighted by Gasteiger charge is 2.22. The highest BCUT2D eigenvalue weighted by molar-refractivity contribution is 5.86. The lowest BCUT2D eigenvalue weighted by molar-refractivity contribution is -0.137. The summed E-state index contributed by atoms with van der Waals surface area (Å²) in [6, 6.07) is 13.1. The molecule has 0 aliphatic carbocycles. The summed E-state index contributed by atoms with van der Waals surface area (Å²) in [5, 5.41) is 3.51. The molecule has 0 amide bonds. The Morgan fingerprint density at radius 3 is 2.81 bits per heavy atom. The third kappa shape index (κ3) is 5.93. The molecule has 0 radical (unpaired) electrons. The summed E-state index contributed by atoms with van der Waals surface area (Å²) in [7, 11) is 0. The van der Waals surface area contributed by atoms with Crippen LogP contribution in [0.5, 0.6) is 0 Å². The van der Waals surface area contributed by atoms with Crippen molar-refractivity contribution in [3.63, 3.8) is 0 Å². The van der Waals surface area contributed by atoms with Crippen LogP contribution in [0.4, 0.5) is 5.82 Å². The predicted octanol–water partition coefficient (Wildman–Crippen LogP) is 3.65. The number of anilines is 1. The van der Waals surface area contributed by atoms with E-state index in [1.807, 2.05) is 12.1 Å². The number of benzene rings is 1. The van der Waals surface area contributed by atoms with Crippen LogP contribution in [0.2, 0.25) is 0 Å². The molecule has 0 bridgehead atoms. The molecule has 5 heteroatoms. The molecule has 2 aromatic rings. The number of likely N-dealkylation sites (tertiary alicyclic amines) is 1. The van der Waals surface area contributed by atoms with Crippen molar-refractivity contribution in [3.05, 3.63) is 65.4 Å². The fourth-order valence-corrected chi connectivity index (χ4v) is 3.20. The van der Waals surface area contributed by atoms with Crippen molar-refractivity contribution in [2.45, 2.75) is 32.9 Å². The predicted molar refractivity (Wildman–Crippen MR) is 108 cm³/mol. The van der Waals surface area contributed by atoms with Crippen LogP contribution in [-0.4, -0.2) is 41.6 Å². The van der Waals surface area contributed by atoms with Crippen molar-refractivity contribution < 1.29 is 9.53 Å². The van der Waals surface area contributed by atoms with Gasteiger partial charge in [0, 0.05) is 37.9 Å². The lowest BCUT2D eigenvalue weighted by Gasteiger charge is -2.17. The first kappa shape index (κ1) is 19.1. The molecule has 1 aliphatic rings. The third-order valence-corrected chi connectivity index (χ3v) is 4.64. The van der Waals surface area contributed by atoms with Crippen molar-refractivity contribution >= 4 is 17.9 Å². The first-order valence-corrected chi connectivity index (χ1v) is 9.47. The van der Waals surface area contributed by atoms with Gasteiger partial charge in [-0.1, -0.05) is 29.8 Å². The van der Waals surface area contributed by atoms with Gasteiger partial charge in [0.1, 0.15) is 5.82 Å². The minimum absolute atomic E-state index is 0.334. The van der Waals surface area contributed by atoms with Crippen molar-refractivity contribution in [2.75, 3.05) is 25.0 Å². The molecule has 2 heterocycles. The number of carbonyl (C=O) groups is 1. The fourth-order valence-electron chi connectivity index (χ4n) is 3.20. The Bertz CT molecular complexity index is 769. The van der Waals surface area contributed by atoms with Crippen molar-refractivity contribution in [2.24, 2.45) is 0 Å². The summed E-state index contributed by atoms with van der Waals surface area (Å²) in [6.45, 7) is 7.38. The van der Waals surface area contributed by atoms with Gasteiger partial charge in [-0.2, -0.15) is 0 Å². The van der Waals surface area contributed by atoms with Crippen molar-refractivity contribution in [1.29, 1.82) is 0 Å². The van der Waals surface area contributed by atoms with Crippen LogP contribution in [0.25, 0.3) is 6.08 Å². The minimum Gasteiger partial charge on any atom is -0.463 e. The fraction of sp³-hybridized carbons (Fsp3) is 0.364. The van der Waals surface area contributed by atoms with Crippen LogP contribution < -0.4 is 5.32 Å². The average molecular weight is 365 g/mol. The number of ether oxygens (including phenoxy) is 1. The van der Waals surface area contributed by atoms with Gasteiger partial charge in [-0.25, -0.2) is 9.78 Å². The zero-order valence-corrected chi connectivity index (χ0v) is 16.0. The number of hydrogen-bond acceptors (Lipinski definition) is 5. The number of nitrogens with zero attached hydrogens (tertiary/aromatic N) is 2. The van der Waals surface area contributed by atoms with Crippen LogP contribution in [0.3, 0.4) is 0 Å². The number of rotatable bonds is 7. The highest BCUT2D eigenvalue weighted by atomic mass is 16.5. The summed E-state index contributed by atoms with van der Waals surface area (Å²) in [5.41, 5.74) is 3.53. The van der Waals surface area contributed by atoms with Crippen molar-refractivity contribution in [1.82, 2.24) is 9.88 Å². The molecule has 3 rings (SSSR count). The molecule has 1 atom stereocenters. The molecule has 5 nitrogen and oxygen atoms in total. The van der Waals surface area contributed by atoms with Gasteiger partial charge in [0.25, 0.3) is 0 Å². The summed E-state index contributed by atoms with van der Waals surface area (Å²) in [5.74, 6) is 0.532. The third-order valence-electron chi connectivity index (χ3n) is 4.64. The van der Waals surface area contributed by atoms with Gasteiger partial charge in [-0.3, -0.25) is 4.90 Å². The lowest BCUT2D eigenvalue weighted by Crippen LogP contribution is -2.26. The van der Waals surface area contributed by atoms with Crippen LogP contribution in [-0.2, 0) is 16.1 Å². The number of carbonyl (C=O) groups excluding carboxylic acids is 1. The normalized spacial score (nSPS) is 17.3. The van der Waals surface area contributed by atoms with Gasteiger partial charge in [0.2, 0.25) is 0 Å². The molecular weight excluding hydrogens is 338 g/mol. The van der Waals surface area contributed by atoms with Gasteiger partial charge < -0.3 is 10.1 Å². The molecule has 0 unspecified atom stereocenters. The largest absolute Gasteiger partial charge is 0.463 e. The van der Waals surface area contributed by atoms with E-state index in [0.717, 1.165) is 37.4 Å². The van der Waals surface area contributed by atoms with Gasteiger partial charge in [0.05, 0.1) is 6.61 Å². The second kappa shape index (κ2) is 9.33. The molecule has 1 aromatic carbocycles. The lowest BCUT2D eigenvalue weighted by atomic mass is 10.1. The maximum absolute atomic E-state index is 11.3. The van der Waals surface area contributed by atoms with E-state index in [-0.39, 0.29) is 5.97 Å². The molecule has 1 saturated heterocycles. The van der Waals surface area contributed by atoms with Crippen LogP contribution in [0, 0.1) is 6.92 Å². The van der Waals surface area contributed by atoms with Gasteiger partial charge in [-0.05, 0) is 49.6 Å². The Kier molecular flexibility index (Phi) is 6.60. The Balaban J connectivity index is 1.48. The Labute approximate surface area is 161 Å². The molecule has 1 aromatic heterocycles. The van der Waals surface area contributed by atoms with E-state index >= 15 is 0 Å². The molecule has 1 fully saturated rings. The highest BCUT2D eigenvalue weighted by Crippen LogP contribution is 2.17. The molecule has 1 aliphatic heterocycles. The number of pyridine rings is 1. The second-order valence-electron chi connectivity index (χ2n) is 6.91. The van der Waals surface area contributed by atoms with E-state index in [9.17, 15) is 4.79 Å². The number of aryl methyl sites for hydroxylation is 1. The quantitative estimate of drug-likeness (QED) is 0.599. The topological polar surface area (TPSA) is 54.5 Å². The molecule has 27 heavy (non-hydrogen) atoms. The first-order chi connectivity index (χ1) is 13.1. The Hall–Kier alpha value is -2.66. The first-order valence-electron chi connectivity index (χ1n) is 9.47. The van der Waals surface area contributed by atoms with Crippen molar-refractivity contribution in [3.8, 4) is 0 Å². The summed E-state index contributed by atoms with van der Waals surface area (Å²) >= 11 is 0. The zero-order valence-electron chi connectivity index (χ0n) is 16.0. The Morgan fingerprint density at radius 1 is 1.30 bits per heavy atom. The SMILES string of the molecule is CCOC(=O)C=Cc1ccc(N[C@@H]2CCN(Cc3ccc(C)cc3)C2)nc1.